The normalized spacial score (nSPS) is 13.7. The molecule has 3 aliphatic rings. The van der Waals surface area contributed by atoms with Gasteiger partial charge in [-0.05, 0) is 105 Å². The zero-order valence-electron chi connectivity index (χ0n) is 60.5. The molecule has 0 N–H and O–H groups in total. The van der Waals surface area contributed by atoms with E-state index in [2.05, 4.69) is 0 Å². The van der Waals surface area contributed by atoms with Crippen LogP contribution < -0.4 is 36.1 Å². The lowest BCUT2D eigenvalue weighted by Crippen LogP contribution is -2.49. The second kappa shape index (κ2) is 34.5. The van der Waals surface area contributed by atoms with Crippen molar-refractivity contribution < 1.29 is 52.1 Å². The van der Waals surface area contributed by atoms with Gasteiger partial charge in [-0.15, -0.1) is 0 Å². The molecule has 4 aromatic heterocycles. The average molecular weight is 1500 g/mol. The predicted molar refractivity (Wildman–Crippen MR) is 417 cm³/mol. The molecule has 7 heterocycles. The summed E-state index contributed by atoms with van der Waals surface area (Å²) >= 11 is 12.1. The molecule has 0 unspecified atom stereocenters. The number of carbonyl (C=O) groups excluding carboxylic acids is 6. The molecule has 0 radical (unpaired) electrons. The Hall–Kier alpha value is -12.0. The first-order chi connectivity index (χ1) is 52.4. The number of ether oxygens (including phenoxy) is 4. The number of amides is 3. The van der Waals surface area contributed by atoms with Crippen LogP contribution >= 0.6 is 23.2 Å². The zero-order chi connectivity index (χ0) is 76.1. The van der Waals surface area contributed by atoms with Gasteiger partial charge in [-0.25, -0.2) is 14.4 Å². The van der Waals surface area contributed by atoms with Crippen LogP contribution in [0.3, 0.4) is 0 Å². The van der Waals surface area contributed by atoms with E-state index in [0.29, 0.717) is 141 Å². The largest absolute Gasteiger partial charge is 0.497 e. The van der Waals surface area contributed by atoms with Crippen LogP contribution in [0, 0.1) is 0 Å². The van der Waals surface area contributed by atoms with Crippen molar-refractivity contribution >= 4 is 109 Å². The first kappa shape index (κ1) is 75.7. The number of furan rings is 1. The van der Waals surface area contributed by atoms with Crippen molar-refractivity contribution in [3.63, 3.8) is 0 Å². The second-order valence-corrected chi connectivity index (χ2v) is 26.5. The van der Waals surface area contributed by atoms with E-state index in [-0.39, 0.29) is 59.8 Å². The number of esters is 3. The number of methoxy groups -OCH3 is 1. The lowest BCUT2D eigenvalue weighted by Gasteiger charge is -2.37. The summed E-state index contributed by atoms with van der Waals surface area (Å²) in [7, 11) is 3.24. The van der Waals surface area contributed by atoms with Gasteiger partial charge in [0.2, 0.25) is 0 Å². The molecule has 23 nitrogen and oxygen atoms in total. The molecule has 14 rings (SSSR count). The highest BCUT2D eigenvalue weighted by atomic mass is 35.5. The van der Waals surface area contributed by atoms with Crippen LogP contribution in [0.25, 0.3) is 32.7 Å². The van der Waals surface area contributed by atoms with E-state index in [1.165, 1.54) is 10.8 Å². The number of para-hydroxylation sites is 3. The molecular formula is C83H81Cl2N9O14. The number of rotatable bonds is 17. The highest BCUT2D eigenvalue weighted by Gasteiger charge is 2.35. The lowest BCUT2D eigenvalue weighted by atomic mass is 10.0. The van der Waals surface area contributed by atoms with Gasteiger partial charge in [0.1, 0.15) is 22.4 Å². The van der Waals surface area contributed by atoms with Crippen LogP contribution in [0.15, 0.2) is 213 Å². The molecule has 0 spiro atoms. The molecular weight excluding hydrogens is 1420 g/mol. The van der Waals surface area contributed by atoms with Gasteiger partial charge in [0, 0.05) is 113 Å². The minimum atomic E-state index is -0.653. The third-order valence-electron chi connectivity index (χ3n) is 19.3. The van der Waals surface area contributed by atoms with Crippen molar-refractivity contribution in [3.05, 3.63) is 280 Å². The lowest BCUT2D eigenvalue weighted by molar-refractivity contribution is 0.0514. The molecule has 0 bridgehead atoms. The average Bonchev–Trinajstić information content (AvgIpc) is 0.917. The topological polar surface area (TPSA) is 238 Å². The highest BCUT2D eigenvalue weighted by molar-refractivity contribution is 6.42. The van der Waals surface area contributed by atoms with Crippen LogP contribution in [-0.2, 0) is 34.3 Å². The number of nitrogens with zero attached hydrogens (tertiary/aromatic N) is 9. The molecule has 11 aromatic rings. The molecule has 25 heteroatoms. The number of carbonyl (C=O) groups is 6. The summed E-state index contributed by atoms with van der Waals surface area (Å²) in [4.78, 5) is 130. The fourth-order valence-corrected chi connectivity index (χ4v) is 14.2. The third kappa shape index (κ3) is 16.2. The molecule has 3 amide bonds. The molecule has 7 aromatic carbocycles. The van der Waals surface area contributed by atoms with Crippen molar-refractivity contribution in [1.82, 2.24) is 28.4 Å². The summed E-state index contributed by atoms with van der Waals surface area (Å²) in [5.41, 5.74) is 5.71. The summed E-state index contributed by atoms with van der Waals surface area (Å²) in [6.07, 6.45) is 1.47. The van der Waals surface area contributed by atoms with Gasteiger partial charge in [-0.2, -0.15) is 0 Å². The van der Waals surface area contributed by atoms with Gasteiger partial charge < -0.3 is 66.5 Å². The number of piperazine rings is 3. The van der Waals surface area contributed by atoms with Crippen molar-refractivity contribution in [1.29, 1.82) is 0 Å². The minimum Gasteiger partial charge on any atom is -0.497 e. The number of fused-ring (bicyclic) bond motifs is 3. The number of halogens is 2. The minimum absolute atomic E-state index is 0.00995. The van der Waals surface area contributed by atoms with Gasteiger partial charge in [-0.1, -0.05) is 138 Å². The SMILES string of the molecule is CCOC(=O)c1c(N2CCN(C(=O)c3ccc(Cl)c(Cl)c3)CC2)c2ccccc2n(Cc2ccccc2)c1=O.CCOC(=O)c1c(N2CCN(C(=O)c3ccc(OC)cc3)CC2)c2ccccc2n(Cc2ccccc2)c1=O.CCOC(=O)c1c(N2CCN(C(=O)c3ccco3)CC2)c2ccccc2n(C)c1=O. The Morgan fingerprint density at radius 1 is 0.398 bits per heavy atom. The van der Waals surface area contributed by atoms with Gasteiger partial charge in [0.05, 0.1) is 89.9 Å². The number of pyridine rings is 3. The highest BCUT2D eigenvalue weighted by Crippen LogP contribution is 2.35. The first-order valence-corrected chi connectivity index (χ1v) is 36.5. The smallest absolute Gasteiger partial charge is 0.345 e. The fourth-order valence-electron chi connectivity index (χ4n) is 13.9. The van der Waals surface area contributed by atoms with E-state index in [0.717, 1.165) is 43.8 Å². The Labute approximate surface area is 632 Å². The fraction of sp³-hybridized carbons (Fsp3) is 0.265. The van der Waals surface area contributed by atoms with E-state index < -0.39 is 29.0 Å². The van der Waals surface area contributed by atoms with Crippen molar-refractivity contribution in [3.8, 4) is 5.75 Å². The standard InChI is InChI=1S/C31H31N3O5.C30H27Cl2N3O4.C22H23N3O5/c1-3-39-31(37)27-28(32-17-19-33(20-18-32)29(35)23-13-15-24(38-2)16-14-23)25-11-7-8-12-26(25)34(30(27)36)21-22-9-5-4-6-10-22;1-2-39-30(38)26-27(33-14-16-34(17-15-33)28(36)21-12-13-23(31)24(32)18-21)22-10-6-7-11-25(22)35(29(26)37)19-20-8-4-3-5-9-20;1-3-29-22(28)18-19(15-7-4-5-8-16(15)23(2)21(18)27)24-10-12-25(13-11-24)20(26)17-9-6-14-30-17/h4-16H,3,17-21H2,1-2H3;3-13,18H,2,14-17,19H2,1H3;4-9,14H,3,10-13H2,1-2H3. The summed E-state index contributed by atoms with van der Waals surface area (Å²) in [5, 5.41) is 3.08. The van der Waals surface area contributed by atoms with E-state index in [1.807, 2.05) is 148 Å². The van der Waals surface area contributed by atoms with Crippen molar-refractivity contribution in [2.45, 2.75) is 33.9 Å². The van der Waals surface area contributed by atoms with Crippen LogP contribution in [-0.4, -0.2) is 169 Å². The van der Waals surface area contributed by atoms with Crippen LogP contribution in [0.2, 0.25) is 10.0 Å². The Balaban J connectivity index is 0.000000153. The van der Waals surface area contributed by atoms with E-state index >= 15 is 0 Å². The summed E-state index contributed by atoms with van der Waals surface area (Å²) < 4.78 is 31.1. The monoisotopic (exact) mass is 1500 g/mol. The Morgan fingerprint density at radius 3 is 1.17 bits per heavy atom. The van der Waals surface area contributed by atoms with Crippen LogP contribution in [0.1, 0.15) is 94.2 Å². The number of benzene rings is 7. The third-order valence-corrected chi connectivity index (χ3v) is 20.0. The van der Waals surface area contributed by atoms with E-state index in [1.54, 1.807) is 113 Å². The van der Waals surface area contributed by atoms with Crippen LogP contribution in [0.5, 0.6) is 5.75 Å². The van der Waals surface area contributed by atoms with Gasteiger partial charge >= 0.3 is 17.9 Å². The maximum Gasteiger partial charge on any atom is 0.345 e. The first-order valence-electron chi connectivity index (χ1n) is 35.7. The number of hydrogen-bond donors (Lipinski definition) is 0. The van der Waals surface area contributed by atoms with Crippen LogP contribution in [0.4, 0.5) is 17.1 Å². The number of hydrogen-bond acceptors (Lipinski definition) is 17. The van der Waals surface area contributed by atoms with Gasteiger partial charge in [-0.3, -0.25) is 28.8 Å². The Kier molecular flexibility index (Phi) is 24.2. The van der Waals surface area contributed by atoms with Crippen molar-refractivity contribution in [2.24, 2.45) is 7.05 Å². The summed E-state index contributed by atoms with van der Waals surface area (Å²) in [6.45, 7) is 11.7. The van der Waals surface area contributed by atoms with Gasteiger partial charge in [0.25, 0.3) is 34.4 Å². The maximum atomic E-state index is 13.9. The molecule has 3 saturated heterocycles. The summed E-state index contributed by atoms with van der Waals surface area (Å²) in [6, 6.07) is 57.2. The molecule has 0 aliphatic carbocycles. The predicted octanol–water partition coefficient (Wildman–Crippen LogP) is 12.0. The molecule has 3 fully saturated rings. The zero-order valence-corrected chi connectivity index (χ0v) is 62.0. The molecule has 0 atom stereocenters. The molecule has 108 heavy (non-hydrogen) atoms. The molecule has 3 aliphatic heterocycles. The molecule has 0 saturated carbocycles. The number of aryl methyl sites for hydroxylation is 1. The maximum absolute atomic E-state index is 13.9. The quantitative estimate of drug-likeness (QED) is 0.0608. The summed E-state index contributed by atoms with van der Waals surface area (Å²) in [5.74, 6) is -1.31. The van der Waals surface area contributed by atoms with Crippen molar-refractivity contribution in [2.75, 3.05) is 120 Å². The molecule has 556 valence electrons. The number of aromatic nitrogens is 3. The second-order valence-electron chi connectivity index (χ2n) is 25.7. The Bertz CT molecular complexity index is 5320. The van der Waals surface area contributed by atoms with Gasteiger partial charge in [0.15, 0.2) is 5.76 Å². The number of anilines is 3. The Morgan fingerprint density at radius 2 is 0.769 bits per heavy atom. The van der Waals surface area contributed by atoms with E-state index in [4.69, 9.17) is 46.6 Å². The van der Waals surface area contributed by atoms with E-state index in [9.17, 15) is 43.2 Å².